The molecule has 158 valence electrons. The Morgan fingerprint density at radius 2 is 1.70 bits per heavy atom. The summed E-state index contributed by atoms with van der Waals surface area (Å²) in [5.74, 6) is 0.395. The maximum Gasteiger partial charge on any atom is 0.346 e. The lowest BCUT2D eigenvalue weighted by molar-refractivity contribution is 0.0697. The van der Waals surface area contributed by atoms with Gasteiger partial charge in [0.1, 0.15) is 5.82 Å². The fourth-order valence-electron chi connectivity index (χ4n) is 3.45. The molecule has 0 spiro atoms. The van der Waals surface area contributed by atoms with Crippen LogP contribution in [0, 0.1) is 5.92 Å². The highest BCUT2D eigenvalue weighted by Gasteiger charge is 2.16. The first kappa shape index (κ1) is 21.6. The lowest BCUT2D eigenvalue weighted by atomic mass is 9.99. The molecular weight excluding hydrogens is 378 g/mol. The van der Waals surface area contributed by atoms with Gasteiger partial charge in [-0.1, -0.05) is 56.3 Å². The van der Waals surface area contributed by atoms with Crippen LogP contribution in [0.3, 0.4) is 0 Å². The molecule has 0 aliphatic heterocycles. The number of aryl methyl sites for hydroxylation is 1. The minimum atomic E-state index is -0.947. The average Bonchev–Trinajstić information content (AvgIpc) is 3.03. The summed E-state index contributed by atoms with van der Waals surface area (Å²) in [7, 11) is 0. The van der Waals surface area contributed by atoms with Gasteiger partial charge in [0.05, 0.1) is 18.2 Å². The molecule has 1 N–H and O–H groups in total. The van der Waals surface area contributed by atoms with Crippen molar-refractivity contribution in [2.75, 3.05) is 0 Å². The molecule has 6 nitrogen and oxygen atoms in total. The third-order valence-corrected chi connectivity index (χ3v) is 5.16. The lowest BCUT2D eigenvalue weighted by Crippen LogP contribution is -2.27. The Morgan fingerprint density at radius 3 is 2.30 bits per heavy atom. The summed E-state index contributed by atoms with van der Waals surface area (Å²) in [6, 6.07) is 14.7. The number of rotatable bonds is 8. The maximum absolute atomic E-state index is 12.9. The second kappa shape index (κ2) is 9.11. The normalized spacial score (nSPS) is 11.4. The molecule has 0 atom stereocenters. The van der Waals surface area contributed by atoms with Crippen molar-refractivity contribution in [3.63, 3.8) is 0 Å². The summed E-state index contributed by atoms with van der Waals surface area (Å²) >= 11 is 0. The van der Waals surface area contributed by atoms with E-state index in [1.165, 1.54) is 0 Å². The smallest absolute Gasteiger partial charge is 0.346 e. The number of aromatic nitrogens is 3. The Balaban J connectivity index is 1.90. The summed E-state index contributed by atoms with van der Waals surface area (Å²) in [5, 5.41) is 14.0. The number of aromatic carboxylic acids is 1. The molecule has 0 fully saturated rings. The van der Waals surface area contributed by atoms with E-state index in [2.05, 4.69) is 18.9 Å². The maximum atomic E-state index is 12.9. The molecular formula is C24H29N3O3. The van der Waals surface area contributed by atoms with Crippen LogP contribution in [0.4, 0.5) is 0 Å². The molecule has 30 heavy (non-hydrogen) atoms. The zero-order valence-electron chi connectivity index (χ0n) is 18.0. The minimum Gasteiger partial charge on any atom is -0.478 e. The summed E-state index contributed by atoms with van der Waals surface area (Å²) in [6.45, 7) is 8.68. The summed E-state index contributed by atoms with van der Waals surface area (Å²) < 4.78 is 3.30. The van der Waals surface area contributed by atoms with E-state index in [1.54, 1.807) is 27.4 Å². The molecule has 0 saturated heterocycles. The van der Waals surface area contributed by atoms with Crippen molar-refractivity contribution in [3.8, 4) is 11.1 Å². The number of carbonyl (C=O) groups is 1. The molecule has 0 saturated carbocycles. The molecule has 1 heterocycles. The van der Waals surface area contributed by atoms with Gasteiger partial charge in [0.25, 0.3) is 0 Å². The zero-order chi connectivity index (χ0) is 21.8. The molecule has 0 radical (unpaired) electrons. The van der Waals surface area contributed by atoms with Gasteiger partial charge in [-0.3, -0.25) is 4.57 Å². The van der Waals surface area contributed by atoms with Gasteiger partial charge in [-0.25, -0.2) is 14.3 Å². The molecule has 0 aliphatic carbocycles. The number of carboxylic acids is 1. The molecule has 2 aromatic carbocycles. The van der Waals surface area contributed by atoms with Gasteiger partial charge < -0.3 is 5.11 Å². The third-order valence-electron chi connectivity index (χ3n) is 5.16. The molecule has 0 bridgehead atoms. The van der Waals surface area contributed by atoms with Crippen LogP contribution in [0.1, 0.15) is 61.9 Å². The van der Waals surface area contributed by atoms with E-state index < -0.39 is 5.97 Å². The van der Waals surface area contributed by atoms with Crippen LogP contribution < -0.4 is 5.69 Å². The number of benzene rings is 2. The van der Waals surface area contributed by atoms with Crippen LogP contribution in [0.25, 0.3) is 11.1 Å². The zero-order valence-corrected chi connectivity index (χ0v) is 18.0. The predicted molar refractivity (Wildman–Crippen MR) is 118 cm³/mol. The average molecular weight is 408 g/mol. The monoisotopic (exact) mass is 407 g/mol. The van der Waals surface area contributed by atoms with Crippen LogP contribution in [0.15, 0.2) is 53.3 Å². The fourth-order valence-corrected chi connectivity index (χ4v) is 3.45. The second-order valence-electron chi connectivity index (χ2n) is 8.30. The first-order valence-electron chi connectivity index (χ1n) is 10.4. The lowest BCUT2D eigenvalue weighted by Gasteiger charge is -2.09. The predicted octanol–water partition coefficient (Wildman–Crippen LogP) is 4.63. The molecule has 0 amide bonds. The van der Waals surface area contributed by atoms with E-state index in [9.17, 15) is 14.7 Å². The highest BCUT2D eigenvalue weighted by molar-refractivity contribution is 5.95. The SMILES string of the molecule is CC(C)CCc1nn(C(C)C)c(=O)n1Cc1ccc(-c2ccccc2C(=O)O)cc1. The van der Waals surface area contributed by atoms with E-state index in [0.29, 0.717) is 18.0 Å². The highest BCUT2D eigenvalue weighted by atomic mass is 16.4. The summed E-state index contributed by atoms with van der Waals surface area (Å²) in [5.41, 5.74) is 2.67. The standard InChI is InChI=1S/C24H29N3O3/c1-16(2)9-14-22-25-27(17(3)4)24(30)26(22)15-18-10-12-19(13-11-18)20-7-5-6-8-21(20)23(28)29/h5-8,10-13,16-17H,9,14-15H2,1-4H3,(H,28,29). The quantitative estimate of drug-likeness (QED) is 0.591. The summed E-state index contributed by atoms with van der Waals surface area (Å²) in [4.78, 5) is 24.4. The largest absolute Gasteiger partial charge is 0.478 e. The van der Waals surface area contributed by atoms with E-state index in [4.69, 9.17) is 0 Å². The fraction of sp³-hybridized carbons (Fsp3) is 0.375. The van der Waals surface area contributed by atoms with Gasteiger partial charge in [-0.15, -0.1) is 0 Å². The van der Waals surface area contributed by atoms with Crippen LogP contribution >= 0.6 is 0 Å². The van der Waals surface area contributed by atoms with Gasteiger partial charge >= 0.3 is 11.7 Å². The number of hydrogen-bond donors (Lipinski definition) is 1. The van der Waals surface area contributed by atoms with Gasteiger partial charge in [-0.05, 0) is 48.9 Å². The van der Waals surface area contributed by atoms with Crippen molar-refractivity contribution < 1.29 is 9.90 Å². The molecule has 1 aromatic heterocycles. The molecule has 0 unspecified atom stereocenters. The molecule has 0 aliphatic rings. The van der Waals surface area contributed by atoms with Crippen molar-refractivity contribution in [2.45, 2.75) is 53.1 Å². The van der Waals surface area contributed by atoms with Crippen LogP contribution in [-0.2, 0) is 13.0 Å². The highest BCUT2D eigenvalue weighted by Crippen LogP contribution is 2.24. The van der Waals surface area contributed by atoms with Crippen molar-refractivity contribution in [1.29, 1.82) is 0 Å². The van der Waals surface area contributed by atoms with E-state index >= 15 is 0 Å². The number of nitrogens with zero attached hydrogens (tertiary/aromatic N) is 3. The first-order chi connectivity index (χ1) is 14.3. The number of carboxylic acid groups (broad SMARTS) is 1. The van der Waals surface area contributed by atoms with Gasteiger partial charge in [0, 0.05) is 6.42 Å². The van der Waals surface area contributed by atoms with Crippen molar-refractivity contribution in [2.24, 2.45) is 5.92 Å². The first-order valence-corrected chi connectivity index (χ1v) is 10.4. The minimum absolute atomic E-state index is 0.00597. The Labute approximate surface area is 176 Å². The van der Waals surface area contributed by atoms with Gasteiger partial charge in [0.2, 0.25) is 0 Å². The Hall–Kier alpha value is -3.15. The van der Waals surface area contributed by atoms with Crippen molar-refractivity contribution in [1.82, 2.24) is 14.3 Å². The van der Waals surface area contributed by atoms with Gasteiger partial charge in [-0.2, -0.15) is 5.10 Å². The van der Waals surface area contributed by atoms with Crippen LogP contribution in [-0.4, -0.2) is 25.4 Å². The van der Waals surface area contributed by atoms with Crippen LogP contribution in [0.2, 0.25) is 0 Å². The molecule has 3 rings (SSSR count). The van der Waals surface area contributed by atoms with Crippen LogP contribution in [0.5, 0.6) is 0 Å². The second-order valence-corrected chi connectivity index (χ2v) is 8.30. The van der Waals surface area contributed by atoms with Crippen molar-refractivity contribution in [3.05, 3.63) is 76.0 Å². The molecule has 3 aromatic rings. The Kier molecular flexibility index (Phi) is 6.55. The number of hydrogen-bond acceptors (Lipinski definition) is 3. The van der Waals surface area contributed by atoms with E-state index in [0.717, 1.165) is 29.8 Å². The van der Waals surface area contributed by atoms with E-state index in [-0.39, 0.29) is 17.3 Å². The topological polar surface area (TPSA) is 77.1 Å². The molecule has 6 heteroatoms. The summed E-state index contributed by atoms with van der Waals surface area (Å²) in [6.07, 6.45) is 1.73. The Bertz CT molecular complexity index is 1080. The van der Waals surface area contributed by atoms with E-state index in [1.807, 2.05) is 44.2 Å². The Morgan fingerprint density at radius 1 is 1.03 bits per heavy atom. The van der Waals surface area contributed by atoms with Crippen molar-refractivity contribution >= 4 is 5.97 Å². The van der Waals surface area contributed by atoms with Gasteiger partial charge in [0.15, 0.2) is 0 Å². The third kappa shape index (κ3) is 4.70.